The van der Waals surface area contributed by atoms with E-state index in [9.17, 15) is 9.59 Å². The van der Waals surface area contributed by atoms with Crippen molar-refractivity contribution in [3.05, 3.63) is 27.2 Å². The molecule has 1 amide bonds. The highest BCUT2D eigenvalue weighted by Crippen LogP contribution is 2.32. The number of anilines is 1. The van der Waals surface area contributed by atoms with Gasteiger partial charge in [0.25, 0.3) is 0 Å². The Kier molecular flexibility index (Phi) is 5.87. The van der Waals surface area contributed by atoms with Crippen LogP contribution in [0.4, 0.5) is 5.69 Å². The van der Waals surface area contributed by atoms with E-state index >= 15 is 0 Å². The van der Waals surface area contributed by atoms with Crippen LogP contribution in [0, 0.1) is 0 Å². The van der Waals surface area contributed by atoms with E-state index in [1.807, 2.05) is 0 Å². The monoisotopic (exact) mass is 324 g/mol. The van der Waals surface area contributed by atoms with E-state index in [1.54, 1.807) is 0 Å². The maximum atomic E-state index is 11.6. The predicted molar refractivity (Wildman–Crippen MR) is 75.2 cm³/mol. The van der Waals surface area contributed by atoms with Gasteiger partial charge < -0.3 is 10.4 Å². The zero-order chi connectivity index (χ0) is 14.6. The van der Waals surface area contributed by atoms with E-state index in [1.165, 1.54) is 19.1 Å². The van der Waals surface area contributed by atoms with Crippen LogP contribution in [0.3, 0.4) is 0 Å². The molecule has 0 saturated carbocycles. The fraction of sp³-hybridized carbons (Fsp3) is 0.273. The lowest BCUT2D eigenvalue weighted by atomic mass is 10.3. The average molecular weight is 326 g/mol. The molecule has 0 radical (unpaired) electrons. The third kappa shape index (κ3) is 4.87. The zero-order valence-corrected chi connectivity index (χ0v) is 12.1. The second-order valence-electron chi connectivity index (χ2n) is 3.74. The minimum atomic E-state index is -1.04. The molecule has 0 heterocycles. The Morgan fingerprint density at radius 3 is 2.37 bits per heavy atom. The van der Waals surface area contributed by atoms with Gasteiger partial charge in [-0.05, 0) is 19.1 Å². The number of carboxylic acids is 1. The lowest BCUT2D eigenvalue weighted by Crippen LogP contribution is -2.39. The van der Waals surface area contributed by atoms with Crippen molar-refractivity contribution in [2.24, 2.45) is 0 Å². The number of carbonyl (C=O) groups excluding carboxylic acids is 1. The Balaban J connectivity index is 2.62. The van der Waals surface area contributed by atoms with Crippen LogP contribution in [-0.4, -0.2) is 29.6 Å². The molecule has 0 fully saturated rings. The van der Waals surface area contributed by atoms with E-state index < -0.39 is 17.9 Å². The van der Waals surface area contributed by atoms with Crippen molar-refractivity contribution >= 4 is 52.4 Å². The molecule has 0 aliphatic carbocycles. The molecule has 0 unspecified atom stereocenters. The maximum Gasteiger partial charge on any atom is 0.320 e. The number of carbonyl (C=O) groups is 2. The third-order valence-corrected chi connectivity index (χ3v) is 3.26. The molecule has 1 atom stereocenters. The quantitative estimate of drug-likeness (QED) is 0.727. The standard InChI is InChI=1S/C11H11Cl3N2O3/c1-5(11(18)19)15-4-10(17)16-9-3-7(13)6(12)2-8(9)14/h2-3,5,15H,4H2,1H3,(H,16,17)(H,18,19)/t5-/m0/s1. The Morgan fingerprint density at radius 1 is 1.21 bits per heavy atom. The van der Waals surface area contributed by atoms with Crippen molar-refractivity contribution in [1.29, 1.82) is 0 Å². The molecule has 0 aromatic heterocycles. The minimum Gasteiger partial charge on any atom is -0.480 e. The smallest absolute Gasteiger partial charge is 0.320 e. The Labute approximate surface area is 124 Å². The lowest BCUT2D eigenvalue weighted by Gasteiger charge is -2.11. The van der Waals surface area contributed by atoms with Gasteiger partial charge in [0, 0.05) is 0 Å². The van der Waals surface area contributed by atoms with Gasteiger partial charge in [0.15, 0.2) is 0 Å². The number of nitrogens with one attached hydrogen (secondary N) is 2. The zero-order valence-electron chi connectivity index (χ0n) is 9.84. The summed E-state index contributed by atoms with van der Waals surface area (Å²) < 4.78 is 0. The van der Waals surface area contributed by atoms with E-state index in [4.69, 9.17) is 39.9 Å². The van der Waals surface area contributed by atoms with Gasteiger partial charge in [0.1, 0.15) is 6.04 Å². The molecule has 0 aliphatic rings. The fourth-order valence-corrected chi connectivity index (χ4v) is 1.74. The lowest BCUT2D eigenvalue weighted by molar-refractivity contribution is -0.139. The second-order valence-corrected chi connectivity index (χ2v) is 4.96. The maximum absolute atomic E-state index is 11.6. The molecule has 5 nitrogen and oxygen atoms in total. The van der Waals surface area contributed by atoms with Crippen LogP contribution in [0.2, 0.25) is 15.1 Å². The molecule has 0 saturated heterocycles. The summed E-state index contributed by atoms with van der Waals surface area (Å²) in [5.41, 5.74) is 0.311. The topological polar surface area (TPSA) is 78.4 Å². The van der Waals surface area contributed by atoms with Gasteiger partial charge in [-0.25, -0.2) is 0 Å². The largest absolute Gasteiger partial charge is 0.480 e. The molecule has 1 aromatic carbocycles. The summed E-state index contributed by atoms with van der Waals surface area (Å²) in [6, 6.07) is 2.01. The van der Waals surface area contributed by atoms with Gasteiger partial charge in [-0.1, -0.05) is 34.8 Å². The molecular weight excluding hydrogens is 314 g/mol. The number of rotatable bonds is 5. The van der Waals surface area contributed by atoms with E-state index in [0.717, 1.165) is 0 Å². The number of benzene rings is 1. The number of amides is 1. The highest BCUT2D eigenvalue weighted by Gasteiger charge is 2.13. The molecular formula is C11H11Cl3N2O3. The van der Waals surface area contributed by atoms with Crippen LogP contribution in [0.5, 0.6) is 0 Å². The first-order valence-corrected chi connectivity index (χ1v) is 6.35. The van der Waals surface area contributed by atoms with Gasteiger partial charge in [-0.3, -0.25) is 14.9 Å². The van der Waals surface area contributed by atoms with Gasteiger partial charge in [0.2, 0.25) is 5.91 Å². The van der Waals surface area contributed by atoms with Gasteiger partial charge >= 0.3 is 5.97 Å². The minimum absolute atomic E-state index is 0.163. The normalized spacial score (nSPS) is 12.0. The third-order valence-electron chi connectivity index (χ3n) is 2.22. The molecule has 8 heteroatoms. The van der Waals surface area contributed by atoms with Crippen LogP contribution in [-0.2, 0) is 9.59 Å². The van der Waals surface area contributed by atoms with Crippen LogP contribution in [0.1, 0.15) is 6.92 Å². The highest BCUT2D eigenvalue weighted by atomic mass is 35.5. The Bertz CT molecular complexity index is 508. The number of carboxylic acid groups (broad SMARTS) is 1. The molecule has 1 rings (SSSR count). The number of aliphatic carboxylic acids is 1. The number of hydrogen-bond donors (Lipinski definition) is 3. The summed E-state index contributed by atoms with van der Waals surface area (Å²) in [6.07, 6.45) is 0. The molecule has 3 N–H and O–H groups in total. The van der Waals surface area contributed by atoms with E-state index in [2.05, 4.69) is 10.6 Å². The van der Waals surface area contributed by atoms with Crippen molar-refractivity contribution < 1.29 is 14.7 Å². The molecule has 0 spiro atoms. The van der Waals surface area contributed by atoms with Crippen molar-refractivity contribution in [3.63, 3.8) is 0 Å². The van der Waals surface area contributed by atoms with Crippen molar-refractivity contribution in [2.75, 3.05) is 11.9 Å². The van der Waals surface area contributed by atoms with Crippen molar-refractivity contribution in [2.45, 2.75) is 13.0 Å². The van der Waals surface area contributed by atoms with E-state index in [0.29, 0.717) is 5.69 Å². The van der Waals surface area contributed by atoms with Gasteiger partial charge in [0.05, 0.1) is 27.3 Å². The van der Waals surface area contributed by atoms with Crippen LogP contribution in [0.15, 0.2) is 12.1 Å². The summed E-state index contributed by atoms with van der Waals surface area (Å²) in [4.78, 5) is 22.1. The van der Waals surface area contributed by atoms with Gasteiger partial charge in [-0.15, -0.1) is 0 Å². The molecule has 19 heavy (non-hydrogen) atoms. The summed E-state index contributed by atoms with van der Waals surface area (Å²) in [5, 5.41) is 14.5. The first-order valence-electron chi connectivity index (χ1n) is 5.22. The van der Waals surface area contributed by atoms with Crippen LogP contribution in [0.25, 0.3) is 0 Å². The molecule has 0 bridgehead atoms. The average Bonchev–Trinajstić information content (AvgIpc) is 2.32. The highest BCUT2D eigenvalue weighted by molar-refractivity contribution is 6.44. The number of halogens is 3. The van der Waals surface area contributed by atoms with Crippen LogP contribution >= 0.6 is 34.8 Å². The fourth-order valence-electron chi connectivity index (χ4n) is 1.15. The van der Waals surface area contributed by atoms with Crippen LogP contribution < -0.4 is 10.6 Å². The second kappa shape index (κ2) is 6.96. The first-order chi connectivity index (χ1) is 8.81. The summed E-state index contributed by atoms with van der Waals surface area (Å²) in [6.45, 7) is 1.27. The van der Waals surface area contributed by atoms with E-state index in [-0.39, 0.29) is 21.6 Å². The SMILES string of the molecule is C[C@H](NCC(=O)Nc1cc(Cl)c(Cl)cc1Cl)C(=O)O. The Morgan fingerprint density at radius 2 is 1.79 bits per heavy atom. The molecule has 104 valence electrons. The summed E-state index contributed by atoms with van der Waals surface area (Å²) >= 11 is 17.4. The molecule has 1 aromatic rings. The predicted octanol–water partition coefficient (Wildman–Crippen LogP) is 2.65. The number of hydrogen-bond acceptors (Lipinski definition) is 3. The van der Waals surface area contributed by atoms with Crippen molar-refractivity contribution in [3.8, 4) is 0 Å². The molecule has 0 aliphatic heterocycles. The van der Waals surface area contributed by atoms with Gasteiger partial charge in [-0.2, -0.15) is 0 Å². The van der Waals surface area contributed by atoms with Crippen molar-refractivity contribution in [1.82, 2.24) is 5.32 Å². The summed E-state index contributed by atoms with van der Waals surface area (Å²) in [7, 11) is 0. The Hall–Kier alpha value is -1.01. The summed E-state index contributed by atoms with van der Waals surface area (Å²) in [5.74, 6) is -1.48. The first kappa shape index (κ1) is 16.0.